The van der Waals surface area contributed by atoms with Crippen LogP contribution in [0.1, 0.15) is 0 Å². The summed E-state index contributed by atoms with van der Waals surface area (Å²) >= 11 is -0.238. The first-order valence-corrected chi connectivity index (χ1v) is 4.89. The maximum atomic E-state index is 11.9. The van der Waals surface area contributed by atoms with E-state index >= 15 is 0 Å². The van der Waals surface area contributed by atoms with Gasteiger partial charge >= 0.3 is 11.5 Å². The van der Waals surface area contributed by atoms with Crippen molar-refractivity contribution in [3.8, 4) is 5.75 Å². The zero-order valence-electron chi connectivity index (χ0n) is 7.82. The van der Waals surface area contributed by atoms with Gasteiger partial charge in [0.25, 0.3) is 0 Å². The third-order valence-electron chi connectivity index (χ3n) is 1.42. The molecule has 0 saturated carbocycles. The lowest BCUT2D eigenvalue weighted by Gasteiger charge is -2.06. The SMILES string of the molecule is O=C(O)COc1ccc(SC(F)(F)F)cc1. The number of halogens is 3. The number of aliphatic carboxylic acids is 1. The zero-order valence-corrected chi connectivity index (χ0v) is 8.64. The van der Waals surface area contributed by atoms with Gasteiger partial charge < -0.3 is 9.84 Å². The van der Waals surface area contributed by atoms with E-state index < -0.39 is 18.1 Å². The van der Waals surface area contributed by atoms with Crippen LogP contribution in [0.4, 0.5) is 13.2 Å². The van der Waals surface area contributed by atoms with E-state index in [1.165, 1.54) is 24.3 Å². The molecule has 1 aromatic rings. The lowest BCUT2D eigenvalue weighted by atomic mass is 10.3. The van der Waals surface area contributed by atoms with Gasteiger partial charge in [-0.25, -0.2) is 4.79 Å². The summed E-state index contributed by atoms with van der Waals surface area (Å²) in [6.45, 7) is -0.522. The highest BCUT2D eigenvalue weighted by molar-refractivity contribution is 8.00. The highest BCUT2D eigenvalue weighted by Gasteiger charge is 2.28. The monoisotopic (exact) mass is 252 g/mol. The molecule has 3 nitrogen and oxygen atoms in total. The Morgan fingerprint density at radius 1 is 1.31 bits per heavy atom. The molecule has 0 atom stereocenters. The minimum atomic E-state index is -4.33. The third-order valence-corrected chi connectivity index (χ3v) is 2.16. The molecule has 0 aliphatic rings. The van der Waals surface area contributed by atoms with Gasteiger partial charge in [0.05, 0.1) is 0 Å². The fourth-order valence-electron chi connectivity index (χ4n) is 0.883. The lowest BCUT2D eigenvalue weighted by Crippen LogP contribution is -2.09. The number of ether oxygens (including phenoxy) is 1. The summed E-state index contributed by atoms with van der Waals surface area (Å²) in [5, 5.41) is 8.30. The number of carbonyl (C=O) groups is 1. The molecule has 16 heavy (non-hydrogen) atoms. The van der Waals surface area contributed by atoms with Gasteiger partial charge in [-0.3, -0.25) is 0 Å². The topological polar surface area (TPSA) is 46.5 Å². The molecular weight excluding hydrogens is 245 g/mol. The highest BCUT2D eigenvalue weighted by Crippen LogP contribution is 2.37. The van der Waals surface area contributed by atoms with E-state index in [1.54, 1.807) is 0 Å². The van der Waals surface area contributed by atoms with Crippen LogP contribution in [-0.2, 0) is 4.79 Å². The highest BCUT2D eigenvalue weighted by atomic mass is 32.2. The molecule has 0 radical (unpaired) electrons. The summed E-state index contributed by atoms with van der Waals surface area (Å²) < 4.78 is 40.6. The van der Waals surface area contributed by atoms with Crippen LogP contribution >= 0.6 is 11.8 Å². The summed E-state index contributed by atoms with van der Waals surface area (Å²) in [5.41, 5.74) is -4.33. The molecule has 0 aliphatic carbocycles. The number of carboxylic acid groups (broad SMARTS) is 1. The van der Waals surface area contributed by atoms with Crippen molar-refractivity contribution in [2.45, 2.75) is 10.4 Å². The molecule has 0 aromatic heterocycles. The van der Waals surface area contributed by atoms with Crippen LogP contribution in [0, 0.1) is 0 Å². The average Bonchev–Trinajstić information content (AvgIpc) is 2.14. The molecular formula is C9H7F3O3S. The Bertz CT molecular complexity index is 361. The summed E-state index contributed by atoms with van der Waals surface area (Å²) in [5.74, 6) is -0.928. The minimum Gasteiger partial charge on any atom is -0.482 e. The molecule has 7 heteroatoms. The van der Waals surface area contributed by atoms with Crippen molar-refractivity contribution in [2.75, 3.05) is 6.61 Å². The van der Waals surface area contributed by atoms with Crippen LogP contribution < -0.4 is 4.74 Å². The molecule has 0 aliphatic heterocycles. The van der Waals surface area contributed by atoms with E-state index in [-0.39, 0.29) is 22.4 Å². The first-order chi connectivity index (χ1) is 7.37. The molecule has 0 amide bonds. The minimum absolute atomic E-state index is 0.0233. The van der Waals surface area contributed by atoms with E-state index in [0.717, 1.165) is 0 Å². The average molecular weight is 252 g/mol. The van der Waals surface area contributed by atoms with Crippen LogP contribution in [-0.4, -0.2) is 23.2 Å². The second-order valence-electron chi connectivity index (χ2n) is 2.70. The predicted octanol–water partition coefficient (Wildman–Crippen LogP) is 2.76. The quantitative estimate of drug-likeness (QED) is 0.837. The van der Waals surface area contributed by atoms with E-state index in [4.69, 9.17) is 9.84 Å². The summed E-state index contributed by atoms with van der Waals surface area (Å²) in [4.78, 5) is 10.2. The number of alkyl halides is 3. The largest absolute Gasteiger partial charge is 0.482 e. The van der Waals surface area contributed by atoms with Gasteiger partial charge in [0.15, 0.2) is 6.61 Å². The molecule has 0 saturated heterocycles. The van der Waals surface area contributed by atoms with E-state index in [9.17, 15) is 18.0 Å². The molecule has 1 aromatic carbocycles. The predicted molar refractivity (Wildman–Crippen MR) is 51.5 cm³/mol. The lowest BCUT2D eigenvalue weighted by molar-refractivity contribution is -0.139. The van der Waals surface area contributed by atoms with Crippen molar-refractivity contribution < 1.29 is 27.8 Å². The summed E-state index contributed by atoms with van der Waals surface area (Å²) in [6, 6.07) is 5.01. The molecule has 0 spiro atoms. The van der Waals surface area contributed by atoms with E-state index in [2.05, 4.69) is 0 Å². The Morgan fingerprint density at radius 3 is 2.31 bits per heavy atom. The third kappa shape index (κ3) is 4.92. The Kier molecular flexibility index (Phi) is 4.05. The number of hydrogen-bond donors (Lipinski definition) is 1. The van der Waals surface area contributed by atoms with Crippen LogP contribution in [0.5, 0.6) is 5.75 Å². The smallest absolute Gasteiger partial charge is 0.446 e. The molecule has 0 fully saturated rings. The number of rotatable bonds is 4. The molecule has 88 valence electrons. The van der Waals surface area contributed by atoms with Gasteiger partial charge in [0.1, 0.15) is 5.75 Å². The van der Waals surface area contributed by atoms with Crippen LogP contribution in [0.15, 0.2) is 29.2 Å². The van der Waals surface area contributed by atoms with E-state index in [0.29, 0.717) is 0 Å². The van der Waals surface area contributed by atoms with Gasteiger partial charge in [-0.2, -0.15) is 13.2 Å². The fraction of sp³-hybridized carbons (Fsp3) is 0.222. The van der Waals surface area contributed by atoms with Crippen LogP contribution in [0.2, 0.25) is 0 Å². The Labute approximate surface area is 93.2 Å². The number of thioether (sulfide) groups is 1. The Hall–Kier alpha value is -1.37. The van der Waals surface area contributed by atoms with Gasteiger partial charge in [0.2, 0.25) is 0 Å². The van der Waals surface area contributed by atoms with Crippen molar-refractivity contribution in [3.63, 3.8) is 0 Å². The fourth-order valence-corrected chi connectivity index (χ4v) is 1.42. The first kappa shape index (κ1) is 12.7. The van der Waals surface area contributed by atoms with Crippen molar-refractivity contribution in [3.05, 3.63) is 24.3 Å². The standard InChI is InChI=1S/C9H7F3O3S/c10-9(11,12)16-7-3-1-6(2-4-7)15-5-8(13)14/h1-4H,5H2,(H,13,14). The molecule has 0 heterocycles. The number of benzene rings is 1. The van der Waals surface area contributed by atoms with Gasteiger partial charge in [-0.05, 0) is 36.0 Å². The van der Waals surface area contributed by atoms with Gasteiger partial charge in [-0.1, -0.05) is 0 Å². The van der Waals surface area contributed by atoms with Crippen LogP contribution in [0.25, 0.3) is 0 Å². The molecule has 1 rings (SSSR count). The Morgan fingerprint density at radius 2 is 1.88 bits per heavy atom. The number of carboxylic acids is 1. The molecule has 0 bridgehead atoms. The van der Waals surface area contributed by atoms with Crippen LogP contribution in [0.3, 0.4) is 0 Å². The molecule has 1 N–H and O–H groups in total. The van der Waals surface area contributed by atoms with Crippen molar-refractivity contribution in [1.29, 1.82) is 0 Å². The number of hydrogen-bond acceptors (Lipinski definition) is 3. The maximum Gasteiger partial charge on any atom is 0.446 e. The second-order valence-corrected chi connectivity index (χ2v) is 3.84. The van der Waals surface area contributed by atoms with Crippen molar-refractivity contribution >= 4 is 17.7 Å². The normalized spacial score (nSPS) is 11.2. The second kappa shape index (κ2) is 5.11. The summed E-state index contributed by atoms with van der Waals surface area (Å²) in [6.07, 6.45) is 0. The summed E-state index contributed by atoms with van der Waals surface area (Å²) in [7, 11) is 0. The molecule has 0 unspecified atom stereocenters. The maximum absolute atomic E-state index is 11.9. The zero-order chi connectivity index (χ0) is 12.2. The van der Waals surface area contributed by atoms with Gasteiger partial charge in [0, 0.05) is 4.90 Å². The Balaban J connectivity index is 2.57. The first-order valence-electron chi connectivity index (χ1n) is 4.07. The van der Waals surface area contributed by atoms with Gasteiger partial charge in [-0.15, -0.1) is 0 Å². The van der Waals surface area contributed by atoms with Crippen molar-refractivity contribution in [1.82, 2.24) is 0 Å². The van der Waals surface area contributed by atoms with E-state index in [1.807, 2.05) is 0 Å². The van der Waals surface area contributed by atoms with Crippen molar-refractivity contribution in [2.24, 2.45) is 0 Å².